The van der Waals surface area contributed by atoms with Crippen LogP contribution in [0.25, 0.3) is 22.2 Å². The number of benzene rings is 3. The van der Waals surface area contributed by atoms with E-state index in [-0.39, 0.29) is 18.3 Å². The summed E-state index contributed by atoms with van der Waals surface area (Å²) in [7, 11) is -3.11. The summed E-state index contributed by atoms with van der Waals surface area (Å²) in [6, 6.07) is 24.2. The molecule has 3 aromatic carbocycles. The molecule has 0 saturated heterocycles. The molecule has 7 heteroatoms. The summed E-state index contributed by atoms with van der Waals surface area (Å²) in [5, 5.41) is 3.68. The third-order valence-electron chi connectivity index (χ3n) is 5.12. The predicted molar refractivity (Wildman–Crippen MR) is 132 cm³/mol. The van der Waals surface area contributed by atoms with Gasteiger partial charge in [-0.2, -0.15) is 0 Å². The number of sulfone groups is 1. The summed E-state index contributed by atoms with van der Waals surface area (Å²) in [5.74, 6) is 0.139. The van der Waals surface area contributed by atoms with Crippen molar-refractivity contribution in [3.05, 3.63) is 90.0 Å². The van der Waals surface area contributed by atoms with Crippen molar-refractivity contribution in [2.24, 2.45) is 0 Å². The molecule has 0 radical (unpaired) electrons. The number of para-hydroxylation sites is 1. The monoisotopic (exact) mass is 460 g/mol. The first-order chi connectivity index (χ1) is 15.8. The largest absolute Gasteiger partial charge is 0.492 e. The van der Waals surface area contributed by atoms with Gasteiger partial charge in [-0.25, -0.2) is 13.4 Å². The average molecular weight is 461 g/mol. The standard InChI is InChI=1S/C26H24N2O4S/c1-18-10-12-19(13-11-18)25-17-23(22-8-3-4-9-24(22)28-25)26(29)27-20-6-5-7-21(16-20)32-14-15-33(2,30)31/h3-13,16-17H,14-15H2,1-2H3,(H,27,29). The number of anilines is 1. The van der Waals surface area contributed by atoms with Crippen LogP contribution in [0.3, 0.4) is 0 Å². The fourth-order valence-corrected chi connectivity index (χ4v) is 3.79. The highest BCUT2D eigenvalue weighted by Crippen LogP contribution is 2.26. The van der Waals surface area contributed by atoms with E-state index in [9.17, 15) is 13.2 Å². The molecule has 4 aromatic rings. The number of pyridine rings is 1. The van der Waals surface area contributed by atoms with Crippen molar-refractivity contribution in [2.45, 2.75) is 6.92 Å². The van der Waals surface area contributed by atoms with Gasteiger partial charge in [0.1, 0.15) is 12.4 Å². The van der Waals surface area contributed by atoms with E-state index < -0.39 is 9.84 Å². The maximum atomic E-state index is 13.3. The number of nitrogens with zero attached hydrogens (tertiary/aromatic N) is 1. The van der Waals surface area contributed by atoms with Gasteiger partial charge in [-0.3, -0.25) is 4.79 Å². The number of ether oxygens (including phenoxy) is 1. The van der Waals surface area contributed by atoms with Crippen LogP contribution < -0.4 is 10.1 Å². The molecule has 168 valence electrons. The number of amides is 1. The van der Waals surface area contributed by atoms with Gasteiger partial charge in [0, 0.05) is 29.0 Å². The Morgan fingerprint density at radius 1 is 0.970 bits per heavy atom. The Kier molecular flexibility index (Phi) is 6.42. The highest BCUT2D eigenvalue weighted by atomic mass is 32.2. The Labute approximate surface area is 193 Å². The summed E-state index contributed by atoms with van der Waals surface area (Å²) in [6.45, 7) is 2.07. The van der Waals surface area contributed by atoms with Crippen LogP contribution in [0.5, 0.6) is 5.75 Å². The third kappa shape index (κ3) is 5.75. The van der Waals surface area contributed by atoms with Gasteiger partial charge in [-0.05, 0) is 31.2 Å². The molecule has 0 saturated carbocycles. The van der Waals surface area contributed by atoms with E-state index >= 15 is 0 Å². The predicted octanol–water partition coefficient (Wildman–Crippen LogP) is 4.89. The molecule has 1 heterocycles. The SMILES string of the molecule is Cc1ccc(-c2cc(C(=O)Nc3cccc(OCCS(C)(=O)=O)c3)c3ccccc3n2)cc1. The lowest BCUT2D eigenvalue weighted by atomic mass is 10.0. The molecule has 0 aliphatic heterocycles. The Morgan fingerprint density at radius 2 is 1.73 bits per heavy atom. The Balaban J connectivity index is 1.62. The molecule has 0 spiro atoms. The normalized spacial score (nSPS) is 11.3. The molecule has 0 fully saturated rings. The summed E-state index contributed by atoms with van der Waals surface area (Å²) >= 11 is 0. The lowest BCUT2D eigenvalue weighted by molar-refractivity contribution is 0.102. The third-order valence-corrected chi connectivity index (χ3v) is 6.03. The minimum absolute atomic E-state index is 0.0468. The van der Waals surface area contributed by atoms with Crippen LogP contribution in [-0.2, 0) is 9.84 Å². The van der Waals surface area contributed by atoms with Gasteiger partial charge in [0.2, 0.25) is 0 Å². The molecule has 0 aliphatic carbocycles. The number of carbonyl (C=O) groups excluding carboxylic acids is 1. The van der Waals surface area contributed by atoms with Gasteiger partial charge in [0.05, 0.1) is 22.5 Å². The zero-order chi connectivity index (χ0) is 23.4. The zero-order valence-electron chi connectivity index (χ0n) is 18.4. The number of fused-ring (bicyclic) bond motifs is 1. The molecule has 0 aliphatic rings. The highest BCUT2D eigenvalue weighted by Gasteiger charge is 2.15. The van der Waals surface area contributed by atoms with Crippen molar-refractivity contribution in [3.63, 3.8) is 0 Å². The molecular formula is C26H24N2O4S. The average Bonchev–Trinajstić information content (AvgIpc) is 2.78. The first kappa shape index (κ1) is 22.5. The smallest absolute Gasteiger partial charge is 0.256 e. The van der Waals surface area contributed by atoms with Crippen LogP contribution in [0.4, 0.5) is 5.69 Å². The summed E-state index contributed by atoms with van der Waals surface area (Å²) < 4.78 is 28.1. The van der Waals surface area contributed by atoms with Crippen molar-refractivity contribution in [1.82, 2.24) is 4.98 Å². The van der Waals surface area contributed by atoms with Gasteiger partial charge in [-0.1, -0.05) is 54.1 Å². The highest BCUT2D eigenvalue weighted by molar-refractivity contribution is 7.90. The van der Waals surface area contributed by atoms with E-state index in [2.05, 4.69) is 5.32 Å². The first-order valence-electron chi connectivity index (χ1n) is 10.5. The topological polar surface area (TPSA) is 85.4 Å². The molecule has 1 N–H and O–H groups in total. The van der Waals surface area contributed by atoms with E-state index in [1.807, 2.05) is 55.5 Å². The van der Waals surface area contributed by atoms with Gasteiger partial charge in [0.25, 0.3) is 5.91 Å². The molecular weight excluding hydrogens is 436 g/mol. The number of aryl methyl sites for hydroxylation is 1. The Morgan fingerprint density at radius 3 is 2.48 bits per heavy atom. The van der Waals surface area contributed by atoms with E-state index in [0.29, 0.717) is 17.0 Å². The molecule has 1 aromatic heterocycles. The van der Waals surface area contributed by atoms with Crippen LogP contribution in [0.15, 0.2) is 78.9 Å². The Hall–Kier alpha value is -3.71. The fourth-order valence-electron chi connectivity index (χ4n) is 3.41. The van der Waals surface area contributed by atoms with Crippen LogP contribution in [0, 0.1) is 6.92 Å². The maximum Gasteiger partial charge on any atom is 0.256 e. The number of hydrogen-bond acceptors (Lipinski definition) is 5. The lowest BCUT2D eigenvalue weighted by Gasteiger charge is -2.12. The van der Waals surface area contributed by atoms with Crippen LogP contribution in [-0.4, -0.2) is 37.9 Å². The van der Waals surface area contributed by atoms with Crippen LogP contribution >= 0.6 is 0 Å². The molecule has 0 unspecified atom stereocenters. The van der Waals surface area contributed by atoms with Crippen molar-refractivity contribution in [2.75, 3.05) is 23.9 Å². The number of carbonyl (C=O) groups is 1. The second kappa shape index (κ2) is 9.42. The number of nitrogens with one attached hydrogen (secondary N) is 1. The van der Waals surface area contributed by atoms with E-state index in [0.717, 1.165) is 34.0 Å². The zero-order valence-corrected chi connectivity index (χ0v) is 19.2. The second-order valence-electron chi connectivity index (χ2n) is 7.90. The summed E-state index contributed by atoms with van der Waals surface area (Å²) in [6.07, 6.45) is 1.16. The van der Waals surface area contributed by atoms with Crippen molar-refractivity contribution in [1.29, 1.82) is 0 Å². The van der Waals surface area contributed by atoms with Crippen molar-refractivity contribution in [3.8, 4) is 17.0 Å². The van der Waals surface area contributed by atoms with E-state index in [1.165, 1.54) is 0 Å². The van der Waals surface area contributed by atoms with Crippen molar-refractivity contribution >= 4 is 32.3 Å². The van der Waals surface area contributed by atoms with E-state index in [1.54, 1.807) is 30.3 Å². The van der Waals surface area contributed by atoms with Gasteiger partial charge in [0.15, 0.2) is 9.84 Å². The Bertz CT molecular complexity index is 1410. The van der Waals surface area contributed by atoms with Crippen molar-refractivity contribution < 1.29 is 17.9 Å². The number of aromatic nitrogens is 1. The molecule has 4 rings (SSSR count). The minimum atomic E-state index is -3.11. The second-order valence-corrected chi connectivity index (χ2v) is 10.2. The molecule has 6 nitrogen and oxygen atoms in total. The maximum absolute atomic E-state index is 13.3. The summed E-state index contributed by atoms with van der Waals surface area (Å²) in [4.78, 5) is 18.0. The fraction of sp³-hybridized carbons (Fsp3) is 0.154. The van der Waals surface area contributed by atoms with Crippen LogP contribution in [0.1, 0.15) is 15.9 Å². The molecule has 33 heavy (non-hydrogen) atoms. The molecule has 1 amide bonds. The quantitative estimate of drug-likeness (QED) is 0.425. The number of hydrogen-bond donors (Lipinski definition) is 1. The lowest BCUT2D eigenvalue weighted by Crippen LogP contribution is -2.14. The van der Waals surface area contributed by atoms with Gasteiger partial charge >= 0.3 is 0 Å². The summed E-state index contributed by atoms with van der Waals surface area (Å²) in [5.41, 5.74) is 4.60. The van der Waals surface area contributed by atoms with E-state index in [4.69, 9.17) is 9.72 Å². The minimum Gasteiger partial charge on any atom is -0.492 e. The van der Waals surface area contributed by atoms with Crippen LogP contribution in [0.2, 0.25) is 0 Å². The first-order valence-corrected chi connectivity index (χ1v) is 12.5. The molecule has 0 bridgehead atoms. The van der Waals surface area contributed by atoms with Gasteiger partial charge < -0.3 is 10.1 Å². The number of rotatable bonds is 7. The molecule has 0 atom stereocenters. The van der Waals surface area contributed by atoms with Gasteiger partial charge in [-0.15, -0.1) is 0 Å².